The quantitative estimate of drug-likeness (QED) is 0.535. The molecule has 0 spiro atoms. The number of amides is 1. The molecule has 32 heavy (non-hydrogen) atoms. The first-order valence-corrected chi connectivity index (χ1v) is 10.9. The summed E-state index contributed by atoms with van der Waals surface area (Å²) >= 11 is 0. The van der Waals surface area contributed by atoms with Crippen LogP contribution < -0.4 is 5.32 Å². The summed E-state index contributed by atoms with van der Waals surface area (Å²) in [5, 5.41) is 23.7. The zero-order valence-corrected chi connectivity index (χ0v) is 18.6. The van der Waals surface area contributed by atoms with Crippen molar-refractivity contribution in [3.63, 3.8) is 0 Å². The van der Waals surface area contributed by atoms with E-state index >= 15 is 0 Å². The number of fused-ring (bicyclic) bond motifs is 3. The van der Waals surface area contributed by atoms with Crippen LogP contribution in [0.1, 0.15) is 45.4 Å². The molecule has 0 aliphatic heterocycles. The van der Waals surface area contributed by atoms with Crippen LogP contribution in [0.4, 0.5) is 4.79 Å². The van der Waals surface area contributed by atoms with E-state index in [1.807, 2.05) is 57.2 Å². The van der Waals surface area contributed by atoms with E-state index in [9.17, 15) is 15.0 Å². The Hall–Kier alpha value is -3.15. The van der Waals surface area contributed by atoms with Crippen LogP contribution in [0.25, 0.3) is 11.1 Å². The molecular weight excluding hydrogens is 402 g/mol. The molecule has 0 saturated carbocycles. The van der Waals surface area contributed by atoms with E-state index in [0.29, 0.717) is 5.56 Å². The van der Waals surface area contributed by atoms with Gasteiger partial charge in [-0.1, -0.05) is 66.2 Å². The van der Waals surface area contributed by atoms with E-state index in [0.717, 1.165) is 27.8 Å². The van der Waals surface area contributed by atoms with Crippen LogP contribution in [-0.4, -0.2) is 35.6 Å². The summed E-state index contributed by atoms with van der Waals surface area (Å²) in [6, 6.07) is 20.2. The fraction of sp³-hybridized carbons (Fsp3) is 0.296. The zero-order valence-electron chi connectivity index (χ0n) is 18.6. The number of hydrogen-bond acceptors (Lipinski definition) is 4. The van der Waals surface area contributed by atoms with E-state index in [2.05, 4.69) is 29.6 Å². The smallest absolute Gasteiger partial charge is 0.407 e. The fourth-order valence-corrected chi connectivity index (χ4v) is 4.80. The lowest BCUT2D eigenvalue weighted by molar-refractivity contribution is 0.0178. The van der Waals surface area contributed by atoms with Gasteiger partial charge in [0.2, 0.25) is 0 Å². The first kappa shape index (κ1) is 22.1. The van der Waals surface area contributed by atoms with Gasteiger partial charge in [-0.3, -0.25) is 0 Å². The lowest BCUT2D eigenvalue weighted by atomic mass is 9.93. The molecule has 3 aromatic carbocycles. The maximum absolute atomic E-state index is 12.3. The van der Waals surface area contributed by atoms with Crippen molar-refractivity contribution in [2.24, 2.45) is 0 Å². The average molecular weight is 432 g/mol. The van der Waals surface area contributed by atoms with Crippen molar-refractivity contribution in [3.05, 3.63) is 94.0 Å². The first-order chi connectivity index (χ1) is 15.4. The Morgan fingerprint density at radius 3 is 2.03 bits per heavy atom. The molecule has 0 bridgehead atoms. The van der Waals surface area contributed by atoms with Crippen LogP contribution in [0.15, 0.2) is 60.7 Å². The number of benzene rings is 3. The van der Waals surface area contributed by atoms with Crippen LogP contribution in [0, 0.1) is 20.8 Å². The SMILES string of the molecule is Cc1cc(C)c(C(O)C(O)CNC(=O)OCC2c3ccccc3-c3ccccc32)c(C)c1. The lowest BCUT2D eigenvalue weighted by Crippen LogP contribution is -2.36. The Balaban J connectivity index is 1.36. The summed E-state index contributed by atoms with van der Waals surface area (Å²) < 4.78 is 5.50. The summed E-state index contributed by atoms with van der Waals surface area (Å²) in [5.74, 6) is -0.0264. The molecule has 3 N–H and O–H groups in total. The molecule has 1 amide bonds. The Morgan fingerprint density at radius 1 is 0.938 bits per heavy atom. The fourth-order valence-electron chi connectivity index (χ4n) is 4.80. The summed E-state index contributed by atoms with van der Waals surface area (Å²) in [4.78, 5) is 12.3. The number of rotatable bonds is 6. The van der Waals surface area contributed by atoms with Crippen molar-refractivity contribution in [1.29, 1.82) is 0 Å². The molecule has 0 fully saturated rings. The van der Waals surface area contributed by atoms with Crippen LogP contribution >= 0.6 is 0 Å². The largest absolute Gasteiger partial charge is 0.449 e. The van der Waals surface area contributed by atoms with Gasteiger partial charge in [0, 0.05) is 12.5 Å². The van der Waals surface area contributed by atoms with Crippen molar-refractivity contribution in [2.45, 2.75) is 38.9 Å². The predicted octanol–water partition coefficient (Wildman–Crippen LogP) is 4.54. The molecule has 2 unspecified atom stereocenters. The average Bonchev–Trinajstić information content (AvgIpc) is 3.09. The van der Waals surface area contributed by atoms with Crippen LogP contribution in [-0.2, 0) is 4.74 Å². The molecule has 3 aromatic rings. The van der Waals surface area contributed by atoms with Crippen LogP contribution in [0.2, 0.25) is 0 Å². The normalized spacial score (nSPS) is 14.4. The highest BCUT2D eigenvalue weighted by atomic mass is 16.5. The molecule has 0 aromatic heterocycles. The molecular formula is C27H29NO4. The topological polar surface area (TPSA) is 78.8 Å². The van der Waals surface area contributed by atoms with Gasteiger partial charge in [-0.25, -0.2) is 4.79 Å². The van der Waals surface area contributed by atoms with Crippen LogP contribution in [0.3, 0.4) is 0 Å². The van der Waals surface area contributed by atoms with E-state index < -0.39 is 18.3 Å². The minimum absolute atomic E-state index is 0.0264. The third-order valence-corrected chi connectivity index (χ3v) is 6.20. The van der Waals surface area contributed by atoms with Crippen molar-refractivity contribution < 1.29 is 19.7 Å². The zero-order chi connectivity index (χ0) is 22.8. The second-order valence-corrected chi connectivity index (χ2v) is 8.53. The number of aliphatic hydroxyl groups excluding tert-OH is 2. The minimum atomic E-state index is -1.14. The summed E-state index contributed by atoms with van der Waals surface area (Å²) in [6.45, 7) is 5.90. The molecule has 166 valence electrons. The van der Waals surface area contributed by atoms with E-state index in [1.54, 1.807) is 0 Å². The Labute approximate surface area is 188 Å². The number of hydrogen-bond donors (Lipinski definition) is 3. The van der Waals surface area contributed by atoms with Crippen molar-refractivity contribution in [3.8, 4) is 11.1 Å². The number of aliphatic hydroxyl groups is 2. The highest BCUT2D eigenvalue weighted by Gasteiger charge is 2.29. The third kappa shape index (κ3) is 4.27. The number of nitrogens with one attached hydrogen (secondary N) is 1. The Morgan fingerprint density at radius 2 is 1.47 bits per heavy atom. The third-order valence-electron chi connectivity index (χ3n) is 6.20. The molecule has 0 heterocycles. The lowest BCUT2D eigenvalue weighted by Gasteiger charge is -2.23. The van der Waals surface area contributed by atoms with Gasteiger partial charge in [-0.15, -0.1) is 0 Å². The van der Waals surface area contributed by atoms with E-state index in [1.165, 1.54) is 11.1 Å². The number of carbonyl (C=O) groups excluding carboxylic acids is 1. The molecule has 1 aliphatic rings. The second-order valence-electron chi connectivity index (χ2n) is 8.53. The van der Waals surface area contributed by atoms with E-state index in [4.69, 9.17) is 4.74 Å². The minimum Gasteiger partial charge on any atom is -0.449 e. The summed E-state index contributed by atoms with van der Waals surface area (Å²) in [5.41, 5.74) is 8.23. The number of ether oxygens (including phenoxy) is 1. The monoisotopic (exact) mass is 431 g/mol. The summed E-state index contributed by atoms with van der Waals surface area (Å²) in [6.07, 6.45) is -2.85. The molecule has 4 rings (SSSR count). The van der Waals surface area contributed by atoms with Gasteiger partial charge in [0.15, 0.2) is 0 Å². The van der Waals surface area contributed by atoms with Crippen LogP contribution in [0.5, 0.6) is 0 Å². The number of carbonyl (C=O) groups is 1. The molecule has 1 aliphatic carbocycles. The molecule has 5 heteroatoms. The Bertz CT molecular complexity index is 1070. The highest BCUT2D eigenvalue weighted by molar-refractivity contribution is 5.79. The van der Waals surface area contributed by atoms with Crippen molar-refractivity contribution >= 4 is 6.09 Å². The van der Waals surface area contributed by atoms with Gasteiger partial charge >= 0.3 is 6.09 Å². The second kappa shape index (κ2) is 9.15. The van der Waals surface area contributed by atoms with Gasteiger partial charge in [0.1, 0.15) is 18.8 Å². The van der Waals surface area contributed by atoms with Gasteiger partial charge in [-0.05, 0) is 59.7 Å². The van der Waals surface area contributed by atoms with Crippen molar-refractivity contribution in [1.82, 2.24) is 5.32 Å². The van der Waals surface area contributed by atoms with Gasteiger partial charge in [0.05, 0.1) is 0 Å². The van der Waals surface area contributed by atoms with Gasteiger partial charge in [-0.2, -0.15) is 0 Å². The number of aryl methyl sites for hydroxylation is 3. The van der Waals surface area contributed by atoms with E-state index in [-0.39, 0.29) is 19.1 Å². The standard InChI is InChI=1S/C27H29NO4/c1-16-12-17(2)25(18(3)13-16)26(30)24(29)14-28-27(31)32-15-23-21-10-6-4-8-19(21)20-9-5-7-11-22(20)23/h4-13,23-24,26,29-30H,14-15H2,1-3H3,(H,28,31). The molecule has 2 atom stereocenters. The maximum Gasteiger partial charge on any atom is 0.407 e. The van der Waals surface area contributed by atoms with Gasteiger partial charge < -0.3 is 20.3 Å². The summed E-state index contributed by atoms with van der Waals surface area (Å²) in [7, 11) is 0. The van der Waals surface area contributed by atoms with Gasteiger partial charge in [0.25, 0.3) is 0 Å². The van der Waals surface area contributed by atoms with Crippen molar-refractivity contribution in [2.75, 3.05) is 13.2 Å². The maximum atomic E-state index is 12.3. The molecule has 0 radical (unpaired) electrons. The highest BCUT2D eigenvalue weighted by Crippen LogP contribution is 2.44. The molecule has 5 nitrogen and oxygen atoms in total. The Kier molecular flexibility index (Phi) is 6.31. The predicted molar refractivity (Wildman–Crippen MR) is 125 cm³/mol. The molecule has 0 saturated heterocycles. The first-order valence-electron chi connectivity index (χ1n) is 10.9. The number of alkyl carbamates (subject to hydrolysis) is 1.